The van der Waals surface area contributed by atoms with Crippen molar-refractivity contribution < 1.29 is 14.2 Å². The zero-order valence-electron chi connectivity index (χ0n) is 15.3. The Hall–Kier alpha value is -1.68. The molecule has 1 aliphatic carbocycles. The lowest BCUT2D eigenvalue weighted by molar-refractivity contribution is -0.394. The first-order chi connectivity index (χ1) is 12.9. The van der Waals surface area contributed by atoms with E-state index in [1.807, 2.05) is 12.1 Å². The van der Waals surface area contributed by atoms with Crippen molar-refractivity contribution in [3.63, 3.8) is 0 Å². The molecule has 0 radical (unpaired) electrons. The van der Waals surface area contributed by atoms with Crippen LogP contribution in [0.15, 0.2) is 60.7 Å². The topological polar surface area (TPSA) is 27.7 Å². The van der Waals surface area contributed by atoms with E-state index >= 15 is 0 Å². The summed E-state index contributed by atoms with van der Waals surface area (Å²) in [6, 6.07) is 20.9. The molecule has 0 amide bonds. The van der Waals surface area contributed by atoms with Crippen LogP contribution in [0, 0.1) is 5.92 Å². The van der Waals surface area contributed by atoms with Crippen LogP contribution in [-0.4, -0.2) is 18.9 Å². The molecule has 1 saturated heterocycles. The van der Waals surface area contributed by atoms with E-state index in [0.29, 0.717) is 5.92 Å². The number of hydrogen-bond acceptors (Lipinski definition) is 3. The van der Waals surface area contributed by atoms with Gasteiger partial charge in [0.1, 0.15) is 0 Å². The van der Waals surface area contributed by atoms with Crippen molar-refractivity contribution in [3.8, 4) is 0 Å². The fraction of sp³-hybridized carbons (Fsp3) is 0.478. The summed E-state index contributed by atoms with van der Waals surface area (Å²) < 4.78 is 18.7. The molecule has 0 N–H and O–H groups in total. The lowest BCUT2D eigenvalue weighted by Crippen LogP contribution is -2.46. The molecule has 2 aromatic rings. The number of rotatable bonds is 5. The van der Waals surface area contributed by atoms with E-state index in [9.17, 15) is 0 Å². The largest absolute Gasteiger partial charge is 0.323 e. The second kappa shape index (κ2) is 8.81. The minimum Gasteiger partial charge on any atom is -0.323 e. The highest BCUT2D eigenvalue weighted by Crippen LogP contribution is 2.33. The van der Waals surface area contributed by atoms with Crippen LogP contribution < -0.4 is 0 Å². The van der Waals surface area contributed by atoms with E-state index in [0.717, 1.165) is 12.8 Å². The standard InChI is InChI=1S/C23H28O3/c1-4-10-18(11-5-1)16-21-24-22(17-19-12-6-2-7-13-19)26-23(25-21)20-14-8-3-9-15-20/h1-2,4-7,10-13,20-23H,3,8-9,14-17H2. The second-order valence-corrected chi connectivity index (χ2v) is 7.41. The fourth-order valence-electron chi connectivity index (χ4n) is 4.00. The molecule has 0 bridgehead atoms. The third-order valence-electron chi connectivity index (χ3n) is 5.40. The molecule has 138 valence electrons. The molecule has 2 unspecified atom stereocenters. The Bertz CT molecular complexity index is 602. The molecule has 2 aromatic carbocycles. The van der Waals surface area contributed by atoms with E-state index in [1.54, 1.807) is 0 Å². The molecular weight excluding hydrogens is 324 g/mol. The van der Waals surface area contributed by atoms with Gasteiger partial charge in [-0.1, -0.05) is 79.9 Å². The molecule has 3 nitrogen and oxygen atoms in total. The van der Waals surface area contributed by atoms with E-state index < -0.39 is 0 Å². The smallest absolute Gasteiger partial charge is 0.167 e. The first kappa shape index (κ1) is 17.7. The average Bonchev–Trinajstić information content (AvgIpc) is 2.70. The summed E-state index contributed by atoms with van der Waals surface area (Å²) in [7, 11) is 0. The lowest BCUT2D eigenvalue weighted by atomic mass is 9.88. The maximum absolute atomic E-state index is 6.25. The average molecular weight is 352 g/mol. The van der Waals surface area contributed by atoms with Gasteiger partial charge in [0.2, 0.25) is 0 Å². The van der Waals surface area contributed by atoms with E-state index in [4.69, 9.17) is 14.2 Å². The van der Waals surface area contributed by atoms with Crippen LogP contribution in [0.3, 0.4) is 0 Å². The Morgan fingerprint density at radius 1 is 0.615 bits per heavy atom. The van der Waals surface area contributed by atoms with Crippen molar-refractivity contribution in [2.75, 3.05) is 0 Å². The van der Waals surface area contributed by atoms with Gasteiger partial charge >= 0.3 is 0 Å². The Morgan fingerprint density at radius 2 is 1.12 bits per heavy atom. The van der Waals surface area contributed by atoms with Crippen LogP contribution in [0.2, 0.25) is 0 Å². The molecule has 1 aliphatic heterocycles. The van der Waals surface area contributed by atoms with Crippen LogP contribution in [0.1, 0.15) is 43.2 Å². The van der Waals surface area contributed by atoms with Crippen molar-refractivity contribution in [1.82, 2.24) is 0 Å². The van der Waals surface area contributed by atoms with Crippen molar-refractivity contribution in [2.45, 2.75) is 63.8 Å². The third-order valence-corrected chi connectivity index (χ3v) is 5.40. The molecule has 1 saturated carbocycles. The van der Waals surface area contributed by atoms with Gasteiger partial charge in [0, 0.05) is 18.8 Å². The zero-order chi connectivity index (χ0) is 17.6. The molecule has 0 aromatic heterocycles. The van der Waals surface area contributed by atoms with Gasteiger partial charge in [-0.05, 0) is 24.0 Å². The van der Waals surface area contributed by atoms with E-state index in [1.165, 1.54) is 43.2 Å². The normalized spacial score (nSPS) is 27.3. The number of hydrogen-bond donors (Lipinski definition) is 0. The van der Waals surface area contributed by atoms with Gasteiger partial charge in [-0.15, -0.1) is 0 Å². The summed E-state index contributed by atoms with van der Waals surface area (Å²) >= 11 is 0. The summed E-state index contributed by atoms with van der Waals surface area (Å²) in [6.45, 7) is 0. The third kappa shape index (κ3) is 4.73. The second-order valence-electron chi connectivity index (χ2n) is 7.41. The summed E-state index contributed by atoms with van der Waals surface area (Å²) in [5.74, 6) is 0.490. The SMILES string of the molecule is c1ccc(CC2OC(Cc3ccccc3)OC(C3CCCCC3)O2)cc1. The number of benzene rings is 2. The highest BCUT2D eigenvalue weighted by Gasteiger charge is 2.36. The Balaban J connectivity index is 1.46. The van der Waals surface area contributed by atoms with Crippen LogP contribution in [0.25, 0.3) is 0 Å². The summed E-state index contributed by atoms with van der Waals surface area (Å²) in [5.41, 5.74) is 2.47. The molecule has 1 heterocycles. The van der Waals surface area contributed by atoms with Gasteiger partial charge in [-0.3, -0.25) is 0 Å². The molecule has 0 spiro atoms. The molecular formula is C23H28O3. The van der Waals surface area contributed by atoms with Gasteiger partial charge in [0.05, 0.1) is 0 Å². The van der Waals surface area contributed by atoms with Crippen molar-refractivity contribution in [3.05, 3.63) is 71.8 Å². The highest BCUT2D eigenvalue weighted by atomic mass is 16.9. The monoisotopic (exact) mass is 352 g/mol. The first-order valence-electron chi connectivity index (χ1n) is 9.91. The van der Waals surface area contributed by atoms with Crippen LogP contribution in [0.5, 0.6) is 0 Å². The fourth-order valence-corrected chi connectivity index (χ4v) is 4.00. The highest BCUT2D eigenvalue weighted by molar-refractivity contribution is 5.16. The Morgan fingerprint density at radius 3 is 1.62 bits per heavy atom. The van der Waals surface area contributed by atoms with E-state index in [2.05, 4.69) is 48.5 Å². The van der Waals surface area contributed by atoms with E-state index in [-0.39, 0.29) is 18.9 Å². The van der Waals surface area contributed by atoms with Gasteiger partial charge in [-0.2, -0.15) is 0 Å². The zero-order valence-corrected chi connectivity index (χ0v) is 15.3. The maximum atomic E-state index is 6.25. The molecule has 2 atom stereocenters. The number of ether oxygens (including phenoxy) is 3. The maximum Gasteiger partial charge on any atom is 0.167 e. The van der Waals surface area contributed by atoms with Gasteiger partial charge in [0.25, 0.3) is 0 Å². The minimum absolute atomic E-state index is 0.147. The van der Waals surface area contributed by atoms with Crippen LogP contribution >= 0.6 is 0 Å². The van der Waals surface area contributed by atoms with Gasteiger partial charge in [0.15, 0.2) is 18.9 Å². The Labute approximate surface area is 156 Å². The summed E-state index contributed by atoms with van der Waals surface area (Å²) in [6.07, 6.45) is 7.17. The predicted octanol–water partition coefficient (Wildman–Crippen LogP) is 5.09. The van der Waals surface area contributed by atoms with Crippen LogP contribution in [-0.2, 0) is 27.1 Å². The van der Waals surface area contributed by atoms with Crippen molar-refractivity contribution in [1.29, 1.82) is 0 Å². The molecule has 2 fully saturated rings. The molecule has 26 heavy (non-hydrogen) atoms. The first-order valence-corrected chi connectivity index (χ1v) is 9.91. The predicted molar refractivity (Wildman–Crippen MR) is 101 cm³/mol. The van der Waals surface area contributed by atoms with Crippen molar-refractivity contribution >= 4 is 0 Å². The molecule has 4 rings (SSSR count). The lowest BCUT2D eigenvalue weighted by Gasteiger charge is -2.40. The Kier molecular flexibility index (Phi) is 6.00. The summed E-state index contributed by atoms with van der Waals surface area (Å²) in [5, 5.41) is 0. The van der Waals surface area contributed by atoms with Gasteiger partial charge < -0.3 is 14.2 Å². The van der Waals surface area contributed by atoms with Gasteiger partial charge in [-0.25, -0.2) is 0 Å². The summed E-state index contributed by atoms with van der Waals surface area (Å²) in [4.78, 5) is 0. The molecule has 2 aliphatic rings. The van der Waals surface area contributed by atoms with Crippen LogP contribution in [0.4, 0.5) is 0 Å². The quantitative estimate of drug-likeness (QED) is 0.750. The molecule has 3 heteroatoms. The minimum atomic E-state index is -0.244. The van der Waals surface area contributed by atoms with Crippen molar-refractivity contribution in [2.24, 2.45) is 5.92 Å².